The Kier molecular flexibility index (Phi) is 7.47. The molecule has 0 aromatic carbocycles. The highest BCUT2D eigenvalue weighted by atomic mass is 32.1. The Morgan fingerprint density at radius 3 is 2.21 bits per heavy atom. The zero-order valence-corrected chi connectivity index (χ0v) is 13.5. The normalized spacial score (nSPS) is 12.1. The Bertz CT molecular complexity index is 334. The van der Waals surface area contributed by atoms with E-state index in [0.717, 1.165) is 18.8 Å². The first kappa shape index (κ1) is 16.5. The third-order valence-corrected chi connectivity index (χ3v) is 4.37. The molecular weight excluding hydrogens is 252 g/mol. The van der Waals surface area contributed by atoms with Crippen molar-refractivity contribution in [2.75, 3.05) is 19.3 Å². The molecule has 0 fully saturated rings. The minimum absolute atomic E-state index is 0.369. The number of hydrogen-bond donors (Lipinski definition) is 1. The fraction of sp³-hybridized carbons (Fsp3) is 0.688. The SMILES string of the molecule is CCCC(CS)(CCC)CN(C)Cc1ccncc1. The molecule has 0 spiro atoms. The summed E-state index contributed by atoms with van der Waals surface area (Å²) in [6.07, 6.45) is 8.75. The summed E-state index contributed by atoms with van der Waals surface area (Å²) < 4.78 is 0. The monoisotopic (exact) mass is 280 g/mol. The molecule has 0 aliphatic carbocycles. The lowest BCUT2D eigenvalue weighted by molar-refractivity contribution is 0.165. The molecule has 0 saturated carbocycles. The Hall–Kier alpha value is -0.540. The number of thiol groups is 1. The third kappa shape index (κ3) is 5.53. The van der Waals surface area contributed by atoms with Crippen LogP contribution in [-0.2, 0) is 6.54 Å². The topological polar surface area (TPSA) is 16.1 Å². The molecule has 3 heteroatoms. The van der Waals surface area contributed by atoms with Gasteiger partial charge in [0.25, 0.3) is 0 Å². The van der Waals surface area contributed by atoms with Crippen LogP contribution in [0.25, 0.3) is 0 Å². The van der Waals surface area contributed by atoms with E-state index in [4.69, 9.17) is 0 Å². The fourth-order valence-electron chi connectivity index (χ4n) is 2.98. The van der Waals surface area contributed by atoms with Gasteiger partial charge in [0.15, 0.2) is 0 Å². The van der Waals surface area contributed by atoms with Gasteiger partial charge in [0, 0.05) is 25.5 Å². The largest absolute Gasteiger partial charge is 0.302 e. The molecule has 0 aliphatic heterocycles. The molecule has 0 N–H and O–H groups in total. The van der Waals surface area contributed by atoms with Gasteiger partial charge in [0.2, 0.25) is 0 Å². The van der Waals surface area contributed by atoms with Crippen LogP contribution in [0.4, 0.5) is 0 Å². The average molecular weight is 280 g/mol. The average Bonchev–Trinajstić information content (AvgIpc) is 2.40. The van der Waals surface area contributed by atoms with Crippen LogP contribution in [0.2, 0.25) is 0 Å². The van der Waals surface area contributed by atoms with Crippen molar-refractivity contribution in [3.05, 3.63) is 30.1 Å². The van der Waals surface area contributed by atoms with Crippen LogP contribution >= 0.6 is 12.6 Å². The zero-order chi connectivity index (χ0) is 14.1. The summed E-state index contributed by atoms with van der Waals surface area (Å²) >= 11 is 4.63. The molecule has 1 aromatic heterocycles. The van der Waals surface area contributed by atoms with Crippen LogP contribution < -0.4 is 0 Å². The molecule has 1 aromatic rings. The van der Waals surface area contributed by atoms with Gasteiger partial charge in [-0.05, 0) is 48.8 Å². The predicted octanol–water partition coefficient (Wildman–Crippen LogP) is 4.03. The van der Waals surface area contributed by atoms with Crippen LogP contribution in [0.3, 0.4) is 0 Å². The van der Waals surface area contributed by atoms with E-state index >= 15 is 0 Å². The summed E-state index contributed by atoms with van der Waals surface area (Å²) in [4.78, 5) is 6.50. The highest BCUT2D eigenvalue weighted by molar-refractivity contribution is 7.80. The van der Waals surface area contributed by atoms with E-state index in [0.29, 0.717) is 5.41 Å². The van der Waals surface area contributed by atoms with Crippen LogP contribution in [0.15, 0.2) is 24.5 Å². The lowest BCUT2D eigenvalue weighted by atomic mass is 9.80. The number of nitrogens with zero attached hydrogens (tertiary/aromatic N) is 2. The second kappa shape index (κ2) is 8.60. The van der Waals surface area contributed by atoms with Gasteiger partial charge in [-0.3, -0.25) is 4.98 Å². The van der Waals surface area contributed by atoms with Crippen molar-refractivity contribution in [2.24, 2.45) is 5.41 Å². The number of pyridine rings is 1. The van der Waals surface area contributed by atoms with Crippen LogP contribution in [0, 0.1) is 5.41 Å². The van der Waals surface area contributed by atoms with Crippen LogP contribution in [0.1, 0.15) is 45.1 Å². The molecule has 2 nitrogen and oxygen atoms in total. The van der Waals surface area contributed by atoms with Gasteiger partial charge in [0.05, 0.1) is 0 Å². The van der Waals surface area contributed by atoms with Gasteiger partial charge in [-0.2, -0.15) is 12.6 Å². The maximum Gasteiger partial charge on any atom is 0.0271 e. The number of aromatic nitrogens is 1. The van der Waals surface area contributed by atoms with Crippen molar-refractivity contribution in [3.8, 4) is 0 Å². The molecule has 1 rings (SSSR count). The summed E-state index contributed by atoms with van der Waals surface area (Å²) in [7, 11) is 2.21. The Balaban J connectivity index is 2.62. The van der Waals surface area contributed by atoms with Gasteiger partial charge in [0.1, 0.15) is 0 Å². The van der Waals surface area contributed by atoms with Crippen molar-refractivity contribution in [2.45, 2.75) is 46.1 Å². The molecule has 108 valence electrons. The highest BCUT2D eigenvalue weighted by Gasteiger charge is 2.28. The second-order valence-electron chi connectivity index (χ2n) is 5.69. The van der Waals surface area contributed by atoms with E-state index in [1.165, 1.54) is 31.2 Å². The van der Waals surface area contributed by atoms with E-state index < -0.39 is 0 Å². The molecule has 0 radical (unpaired) electrons. The smallest absolute Gasteiger partial charge is 0.0271 e. The standard InChI is InChI=1S/C16H28N2S/c1-4-8-16(14-19,9-5-2)13-18(3)12-15-6-10-17-11-7-15/h6-7,10-11,19H,4-5,8-9,12-14H2,1-3H3. The summed E-state index contributed by atoms with van der Waals surface area (Å²) in [5.74, 6) is 0.982. The number of hydrogen-bond acceptors (Lipinski definition) is 3. The maximum atomic E-state index is 4.63. The summed E-state index contributed by atoms with van der Waals surface area (Å²) in [5.41, 5.74) is 1.70. The Labute approximate surface area is 124 Å². The maximum absolute atomic E-state index is 4.63. The van der Waals surface area contributed by atoms with E-state index in [-0.39, 0.29) is 0 Å². The van der Waals surface area contributed by atoms with Gasteiger partial charge in [-0.1, -0.05) is 26.7 Å². The molecule has 19 heavy (non-hydrogen) atoms. The quantitative estimate of drug-likeness (QED) is 0.687. The van der Waals surface area contributed by atoms with E-state index in [1.54, 1.807) is 0 Å². The Morgan fingerprint density at radius 1 is 1.16 bits per heavy atom. The molecule has 0 aliphatic rings. The van der Waals surface area contributed by atoms with Crippen molar-refractivity contribution < 1.29 is 0 Å². The lowest BCUT2D eigenvalue weighted by Crippen LogP contribution is -2.37. The first-order chi connectivity index (χ1) is 9.15. The third-order valence-electron chi connectivity index (χ3n) is 3.70. The molecule has 0 amide bonds. The van der Waals surface area contributed by atoms with Gasteiger partial charge >= 0.3 is 0 Å². The summed E-state index contributed by atoms with van der Waals surface area (Å²) in [6.45, 7) is 6.67. The second-order valence-corrected chi connectivity index (χ2v) is 6.00. The van der Waals surface area contributed by atoms with Gasteiger partial charge < -0.3 is 4.90 Å². The Morgan fingerprint density at radius 2 is 1.74 bits per heavy atom. The van der Waals surface area contributed by atoms with E-state index in [2.05, 4.69) is 55.5 Å². The predicted molar refractivity (Wildman–Crippen MR) is 86.7 cm³/mol. The summed E-state index contributed by atoms with van der Waals surface area (Å²) in [6, 6.07) is 4.19. The molecular formula is C16H28N2S. The molecule has 0 unspecified atom stereocenters. The highest BCUT2D eigenvalue weighted by Crippen LogP contribution is 2.32. The molecule has 0 saturated heterocycles. The lowest BCUT2D eigenvalue weighted by Gasteiger charge is -2.36. The van der Waals surface area contributed by atoms with Crippen molar-refractivity contribution >= 4 is 12.6 Å². The van der Waals surface area contributed by atoms with Crippen molar-refractivity contribution in [1.82, 2.24) is 9.88 Å². The first-order valence-corrected chi connectivity index (χ1v) is 7.97. The van der Waals surface area contributed by atoms with Gasteiger partial charge in [-0.15, -0.1) is 0 Å². The fourth-order valence-corrected chi connectivity index (χ4v) is 3.40. The van der Waals surface area contributed by atoms with Crippen LogP contribution in [-0.4, -0.2) is 29.2 Å². The van der Waals surface area contributed by atoms with E-state index in [9.17, 15) is 0 Å². The summed E-state index contributed by atoms with van der Waals surface area (Å²) in [5, 5.41) is 0. The number of rotatable bonds is 9. The van der Waals surface area contributed by atoms with E-state index in [1.807, 2.05) is 12.4 Å². The molecule has 0 atom stereocenters. The van der Waals surface area contributed by atoms with Crippen molar-refractivity contribution in [1.29, 1.82) is 0 Å². The minimum atomic E-state index is 0.369. The first-order valence-electron chi connectivity index (χ1n) is 7.34. The van der Waals surface area contributed by atoms with Crippen LogP contribution in [0.5, 0.6) is 0 Å². The molecule has 0 bridgehead atoms. The van der Waals surface area contributed by atoms with Crippen molar-refractivity contribution in [3.63, 3.8) is 0 Å². The minimum Gasteiger partial charge on any atom is -0.302 e. The van der Waals surface area contributed by atoms with Gasteiger partial charge in [-0.25, -0.2) is 0 Å². The zero-order valence-electron chi connectivity index (χ0n) is 12.6. The molecule has 1 heterocycles.